The molecular formula is C104H137BF4N18O13S2. The maximum atomic E-state index is 15.1. The number of rotatable bonds is 17. The van der Waals surface area contributed by atoms with Gasteiger partial charge in [0.1, 0.15) is 28.1 Å². The molecule has 0 radical (unpaired) electrons. The molecule has 5 aromatic heterocycles. The summed E-state index contributed by atoms with van der Waals surface area (Å²) < 4.78 is 122. The number of hydrogen-bond acceptors (Lipinski definition) is 20. The zero-order valence-corrected chi connectivity index (χ0v) is 86.0. The van der Waals surface area contributed by atoms with E-state index in [1.807, 2.05) is 110 Å². The van der Waals surface area contributed by atoms with E-state index in [0.29, 0.717) is 59.2 Å². The van der Waals surface area contributed by atoms with Gasteiger partial charge in [-0.2, -0.15) is 10.2 Å². The first-order valence-corrected chi connectivity index (χ1v) is 53.3. The van der Waals surface area contributed by atoms with Crippen LogP contribution in [0.2, 0.25) is 0 Å². The van der Waals surface area contributed by atoms with Crippen LogP contribution in [-0.2, 0) is 37.9 Å². The molecule has 4 atom stereocenters. The molecule has 4 N–H and O–H groups in total. The summed E-state index contributed by atoms with van der Waals surface area (Å²) >= 11 is 0. The van der Waals surface area contributed by atoms with Crippen LogP contribution >= 0.6 is 0 Å². The number of para-hydroxylation sites is 1. The molecule has 764 valence electrons. The van der Waals surface area contributed by atoms with E-state index >= 15 is 4.79 Å². The number of aromatic nitrogens is 9. The number of amides is 3. The number of hydrogen-bond donors (Lipinski definition) is 4. The summed E-state index contributed by atoms with van der Waals surface area (Å²) in [5, 5.41) is 32.6. The fourth-order valence-electron chi connectivity index (χ4n) is 22.1. The van der Waals surface area contributed by atoms with Gasteiger partial charge in [0.15, 0.2) is 0 Å². The number of carbonyl (C=O) groups is 4. The standard InChI is InChI=1S/C44H54N6O5S.C37H42N4O6S.C11H16N5O.C7H14N2.C5H11NO.BF4/c1-26(2)56(53,54)46-43(51)29-14-18-37-38(22-29)48-23-31(20-30-21-35(55-5)17-19-36(30)42(48)40(37)28-10-7-6-8-11-28)41-39(27(3)45-50(41)32-12-9-13-32)44(52)49-33-15-16-34(49)25-47(4)24-33;1-21(2)48(45,46)39-36(42)24-13-15-30-31(19-24)40-20-26(34-32(37(43)44)22(3)38-41(34)27-11-8-12-27)17-25-18-28(47-4)14-16-29(25)35(40)33(30)23-9-6-5-7-10-23;1-14(2)11(15(3)4)17-16-10-8-6-5-7-9(10)12-13-16;1-9-4-6-2-3-7(5-9)8-6;1-6-2-4-7-5-3-6;2-1(3,4)5/h14,17-22,26,28,32-34H,6-13,15-16,23-25H2,1-5H3,(H,46,51);13-19,21,23,27H,5-12,20H2,1-4H3,(H,39,42)(H,43,44);5-8H,1-4H3;6-8H,2-5H2,1H3;2-5H2,1H3;/q;;+1;;;-1. The fraction of sp³-hybridized carbons (Fsp3) is 0.529. The van der Waals surface area contributed by atoms with Crippen LogP contribution < -0.4 is 29.1 Å². The van der Waals surface area contributed by atoms with Crippen molar-refractivity contribution in [2.24, 2.45) is 0 Å². The number of likely N-dealkylation sites (tertiary alicyclic amines) is 2. The minimum atomic E-state index is -6.00. The van der Waals surface area contributed by atoms with E-state index in [0.717, 1.165) is 249 Å². The second-order valence-corrected chi connectivity index (χ2v) is 45.3. The van der Waals surface area contributed by atoms with Gasteiger partial charge in [0.25, 0.3) is 17.7 Å². The van der Waals surface area contributed by atoms with E-state index in [-0.39, 0.29) is 41.2 Å². The number of aryl methyl sites for hydroxylation is 2. The fourth-order valence-corrected chi connectivity index (χ4v) is 23.3. The van der Waals surface area contributed by atoms with Crippen molar-refractivity contribution in [2.75, 3.05) is 116 Å². The molecule has 3 amide bonds. The number of methoxy groups -OCH3 is 2. The maximum Gasteiger partial charge on any atom is 0.673 e. The highest BCUT2D eigenvalue weighted by Crippen LogP contribution is 2.53. The van der Waals surface area contributed by atoms with Crippen LogP contribution in [0.4, 0.5) is 17.3 Å². The number of fused-ring (bicyclic) bond motifs is 15. The molecule has 4 aliphatic carbocycles. The molecule has 5 aromatic carbocycles. The zero-order chi connectivity index (χ0) is 101. The van der Waals surface area contributed by atoms with Crippen LogP contribution in [-0.4, -0.2) is 283 Å². The Morgan fingerprint density at radius 3 is 1.39 bits per heavy atom. The third-order valence-corrected chi connectivity index (χ3v) is 33.1. The molecule has 0 spiro atoms. The Balaban J connectivity index is 0.000000150. The van der Waals surface area contributed by atoms with Crippen LogP contribution in [0.15, 0.2) is 97.1 Å². The van der Waals surface area contributed by atoms with Gasteiger partial charge in [0.05, 0.1) is 131 Å². The lowest BCUT2D eigenvalue weighted by atomic mass is 9.81. The Kier molecular flexibility index (Phi) is 31.9. The number of sulfonamides is 2. The Morgan fingerprint density at radius 2 is 0.986 bits per heavy atom. The molecule has 5 saturated heterocycles. The van der Waals surface area contributed by atoms with E-state index in [1.54, 1.807) is 53.2 Å². The largest absolute Gasteiger partial charge is 0.673 e. The summed E-state index contributed by atoms with van der Waals surface area (Å²) in [6.07, 6.45) is 26.5. The van der Waals surface area contributed by atoms with Gasteiger partial charge in [0, 0.05) is 107 Å². The highest BCUT2D eigenvalue weighted by molar-refractivity contribution is 7.90. The third-order valence-electron chi connectivity index (χ3n) is 29.6. The molecular weight excluding hydrogens is 1860 g/mol. The number of likely N-dealkylation sites (N-methyl/N-ethyl adjacent to an activating group) is 3. The second-order valence-electron chi connectivity index (χ2n) is 40.8. The highest BCUT2D eigenvalue weighted by atomic mass is 32.2. The average molecular weight is 2000 g/mol. The molecule has 11 aliphatic rings. The molecule has 10 aromatic rings. The lowest BCUT2D eigenvalue weighted by Crippen LogP contribution is -2.54. The van der Waals surface area contributed by atoms with Crippen LogP contribution in [0.25, 0.3) is 78.7 Å². The first kappa shape index (κ1) is 104. The Morgan fingerprint density at radius 1 is 0.542 bits per heavy atom. The van der Waals surface area contributed by atoms with Crippen molar-refractivity contribution in [1.29, 1.82) is 0 Å². The minimum Gasteiger partial charge on any atom is -0.497 e. The molecule has 9 fully saturated rings. The van der Waals surface area contributed by atoms with E-state index in [2.05, 4.69) is 110 Å². The quantitative estimate of drug-likeness (QED) is 0.0216. The summed E-state index contributed by atoms with van der Waals surface area (Å²) in [7, 11) is 3.77. The third kappa shape index (κ3) is 22.6. The van der Waals surface area contributed by atoms with Crippen molar-refractivity contribution in [1.82, 2.24) is 83.1 Å². The molecule has 142 heavy (non-hydrogen) atoms. The van der Waals surface area contributed by atoms with Crippen molar-refractivity contribution in [3.63, 3.8) is 0 Å². The SMILES string of the molecule is CN(C)C(On1nnc2ccccc21)=[N+](C)C.CN1CC2CCC(C1)N2.CN1CCOCC1.COc1ccc2c(c1)C=C(c1c(C(=O)N3C4CCC3CN(C)C4)c(C)nn1C1CCC1)Cn1c-2c(C2CCCCC2)c2ccc(C(=O)NS(=O)(=O)C(C)C)cc21.COc1ccc2c(c1)C=C(c1c(C(=O)O)c(C)nn1C1CCC1)Cn1c-2c(C2CCCCC2)c2ccc(C(=O)NS(=O)(=O)C(C)C)cc21.F[B-](F)(F)F. The van der Waals surface area contributed by atoms with E-state index in [9.17, 15) is 53.6 Å². The monoisotopic (exact) mass is 2000 g/mol. The summed E-state index contributed by atoms with van der Waals surface area (Å²) in [4.78, 5) is 73.1. The summed E-state index contributed by atoms with van der Waals surface area (Å²) in [6, 6.07) is 34.0. The number of allylic oxidation sites excluding steroid dienone is 2. The lowest BCUT2D eigenvalue weighted by molar-refractivity contribution is -0.480. The van der Waals surface area contributed by atoms with Crippen molar-refractivity contribution in [3.05, 3.63) is 164 Å². The zero-order valence-electron chi connectivity index (χ0n) is 84.3. The van der Waals surface area contributed by atoms with Gasteiger partial charge in [-0.3, -0.25) is 28.6 Å². The number of nitrogens with zero attached hydrogens (tertiary/aromatic N) is 15. The van der Waals surface area contributed by atoms with Gasteiger partial charge in [-0.05, 0) is 288 Å². The molecule has 31 nitrogen and oxygen atoms in total. The van der Waals surface area contributed by atoms with Gasteiger partial charge < -0.3 is 70.6 Å². The van der Waals surface area contributed by atoms with Gasteiger partial charge in [0.2, 0.25) is 20.0 Å². The summed E-state index contributed by atoms with van der Waals surface area (Å²) in [6.45, 7) is 19.0. The van der Waals surface area contributed by atoms with Crippen molar-refractivity contribution in [2.45, 2.75) is 242 Å². The van der Waals surface area contributed by atoms with Gasteiger partial charge in [-0.15, -0.1) is 5.10 Å². The number of carbonyl (C=O) groups excluding carboxylic acids is 3. The van der Waals surface area contributed by atoms with Gasteiger partial charge in [-0.1, -0.05) is 67.6 Å². The molecule has 4 bridgehead atoms. The number of nitrogens with one attached hydrogen (secondary N) is 3. The Labute approximate surface area is 829 Å². The van der Waals surface area contributed by atoms with Gasteiger partial charge in [-0.25, -0.2) is 40.5 Å². The molecule has 7 aliphatic heterocycles. The maximum absolute atomic E-state index is 15.1. The van der Waals surface area contributed by atoms with Gasteiger partial charge >= 0.3 is 19.2 Å². The predicted molar refractivity (Wildman–Crippen MR) is 546 cm³/mol. The highest BCUT2D eigenvalue weighted by Gasteiger charge is 2.46. The van der Waals surface area contributed by atoms with Crippen LogP contribution in [0.5, 0.6) is 11.5 Å². The number of carboxylic acids is 1. The predicted octanol–water partition coefficient (Wildman–Crippen LogP) is 16.2. The second kappa shape index (κ2) is 43.7. The number of piperazine rings is 2. The Bertz CT molecular complexity index is 6660. The number of ether oxygens (including phenoxy) is 3. The number of halogens is 4. The smallest absolute Gasteiger partial charge is 0.497 e. The van der Waals surface area contributed by atoms with Crippen LogP contribution in [0.1, 0.15) is 266 Å². The Hall–Kier alpha value is -11.3. The molecule has 12 heterocycles. The molecule has 4 unspecified atom stereocenters. The van der Waals surface area contributed by atoms with Crippen LogP contribution in [0, 0.1) is 13.8 Å². The number of benzene rings is 5. The minimum absolute atomic E-state index is 0.0745. The van der Waals surface area contributed by atoms with E-state index in [4.69, 9.17) is 29.2 Å². The van der Waals surface area contributed by atoms with Crippen molar-refractivity contribution < 1.29 is 82.0 Å². The summed E-state index contributed by atoms with van der Waals surface area (Å²) in [5.41, 5.74) is 17.9. The number of morpholine rings is 1. The van der Waals surface area contributed by atoms with Crippen molar-refractivity contribution >= 4 is 113 Å². The van der Waals surface area contributed by atoms with Crippen molar-refractivity contribution in [3.8, 4) is 34.0 Å². The number of aromatic carboxylic acids is 1. The molecule has 21 rings (SSSR count). The summed E-state index contributed by atoms with van der Waals surface area (Å²) in [5.74, 6) is -0.191. The number of amidine groups is 1. The first-order valence-electron chi connectivity index (χ1n) is 50.2. The first-order chi connectivity index (χ1) is 67.7. The van der Waals surface area contributed by atoms with Crippen LogP contribution in [0.3, 0.4) is 0 Å². The molecule has 4 saturated carbocycles. The lowest BCUT2D eigenvalue weighted by Gasteiger charge is -2.39. The molecule has 38 heteroatoms. The average Bonchev–Trinajstić information content (AvgIpc) is 1.57. The topological polar surface area (TPSA) is 325 Å². The van der Waals surface area contributed by atoms with E-state index in [1.165, 1.54) is 68.6 Å². The number of carboxylic acid groups (broad SMARTS) is 1. The van der Waals surface area contributed by atoms with E-state index < -0.39 is 55.6 Å². The normalized spacial score (nSPS) is 20.0.